The monoisotopic (exact) mass is 312 g/mol. The number of sulfonamides is 1. The molecule has 0 atom stereocenters. The van der Waals surface area contributed by atoms with Crippen LogP contribution in [0.1, 0.15) is 22.7 Å². The average Bonchev–Trinajstić information content (AvgIpc) is 2.93. The van der Waals surface area contributed by atoms with E-state index in [1.165, 1.54) is 0 Å². The highest BCUT2D eigenvalue weighted by Gasteiger charge is 2.19. The lowest BCUT2D eigenvalue weighted by molar-refractivity contribution is 0.392. The van der Waals surface area contributed by atoms with Crippen LogP contribution in [0.25, 0.3) is 0 Å². The predicted octanol–water partition coefficient (Wildman–Crippen LogP) is 0.828. The molecule has 0 radical (unpaired) electrons. The van der Waals surface area contributed by atoms with E-state index in [1.807, 2.05) is 14.1 Å². The summed E-state index contributed by atoms with van der Waals surface area (Å²) in [6.45, 7) is 4.32. The van der Waals surface area contributed by atoms with Crippen molar-refractivity contribution >= 4 is 10.0 Å². The van der Waals surface area contributed by atoms with Crippen molar-refractivity contribution in [2.24, 2.45) is 7.05 Å². The lowest BCUT2D eigenvalue weighted by atomic mass is 10.2. The van der Waals surface area contributed by atoms with E-state index in [0.717, 1.165) is 11.3 Å². The molecule has 8 heteroatoms. The summed E-state index contributed by atoms with van der Waals surface area (Å²) in [5.41, 5.74) is 2.36. The molecule has 0 bridgehead atoms. The fraction of sp³-hybridized carbons (Fsp3) is 0.462. The van der Waals surface area contributed by atoms with Gasteiger partial charge in [0, 0.05) is 37.6 Å². The fourth-order valence-corrected chi connectivity index (χ4v) is 3.17. The maximum Gasteiger partial charge on any atom is 0.242 e. The molecule has 0 fully saturated rings. The molecule has 0 spiro atoms. The molecular weight excluding hydrogens is 292 g/mol. The van der Waals surface area contributed by atoms with Crippen molar-refractivity contribution in [1.29, 1.82) is 0 Å². The summed E-state index contributed by atoms with van der Waals surface area (Å²) >= 11 is 0. The minimum absolute atomic E-state index is 0.166. The van der Waals surface area contributed by atoms with Gasteiger partial charge in [-0.05, 0) is 27.0 Å². The van der Waals surface area contributed by atoms with Crippen LogP contribution in [0, 0.1) is 13.8 Å². The number of hydrogen-bond acceptors (Lipinski definition) is 5. The molecule has 0 aromatic carbocycles. The Balaban J connectivity index is 2.17. The van der Waals surface area contributed by atoms with E-state index in [1.54, 1.807) is 30.7 Å². The smallest absolute Gasteiger partial charge is 0.242 e. The van der Waals surface area contributed by atoms with Crippen LogP contribution in [0.4, 0.5) is 0 Å². The molecule has 0 amide bonds. The highest BCUT2D eigenvalue weighted by molar-refractivity contribution is 7.89. The first kappa shape index (κ1) is 15.7. The van der Waals surface area contributed by atoms with Crippen LogP contribution in [0.3, 0.4) is 0 Å². The second-order valence-electron chi connectivity index (χ2n) is 4.94. The molecule has 7 nitrogen and oxygen atoms in total. The second-order valence-corrected chi connectivity index (χ2v) is 6.70. The van der Waals surface area contributed by atoms with Gasteiger partial charge in [0.1, 0.15) is 5.76 Å². The second kappa shape index (κ2) is 6.00. The average molecular weight is 312 g/mol. The van der Waals surface area contributed by atoms with Crippen molar-refractivity contribution in [3.8, 4) is 0 Å². The first-order valence-corrected chi connectivity index (χ1v) is 8.04. The van der Waals surface area contributed by atoms with E-state index in [2.05, 4.69) is 15.2 Å². The Kier molecular flexibility index (Phi) is 4.50. The molecule has 0 aliphatic carbocycles. The van der Waals surface area contributed by atoms with Crippen LogP contribution >= 0.6 is 0 Å². The van der Waals surface area contributed by atoms with E-state index in [4.69, 9.17) is 4.52 Å². The summed E-state index contributed by atoms with van der Waals surface area (Å²) in [5, 5.41) is 6.81. The van der Waals surface area contributed by atoms with Crippen molar-refractivity contribution in [3.63, 3.8) is 0 Å². The summed E-state index contributed by atoms with van der Waals surface area (Å²) in [6, 6.07) is 1.66. The summed E-state index contributed by atoms with van der Waals surface area (Å²) < 4.78 is 34.0. The number of nitrogens with zero attached hydrogens (tertiary/aromatic N) is 2. The lowest BCUT2D eigenvalue weighted by Crippen LogP contribution is -2.23. The molecule has 0 saturated carbocycles. The molecule has 2 rings (SSSR count). The zero-order valence-electron chi connectivity index (χ0n) is 12.6. The lowest BCUT2D eigenvalue weighted by Gasteiger charge is -2.04. The normalized spacial score (nSPS) is 12.0. The van der Waals surface area contributed by atoms with Crippen LogP contribution in [0.5, 0.6) is 0 Å². The fourth-order valence-electron chi connectivity index (χ4n) is 2.09. The Bertz CT molecular complexity index is 711. The topological polar surface area (TPSA) is 89.2 Å². The van der Waals surface area contributed by atoms with Crippen molar-refractivity contribution in [2.75, 3.05) is 7.05 Å². The van der Waals surface area contributed by atoms with Gasteiger partial charge in [0.2, 0.25) is 10.0 Å². The van der Waals surface area contributed by atoms with Crippen molar-refractivity contribution in [2.45, 2.75) is 31.8 Å². The van der Waals surface area contributed by atoms with E-state index in [-0.39, 0.29) is 11.4 Å². The quantitative estimate of drug-likeness (QED) is 0.824. The molecule has 0 unspecified atom stereocenters. The molecule has 2 aromatic rings. The number of hydrogen-bond donors (Lipinski definition) is 2. The Morgan fingerprint density at radius 2 is 2.05 bits per heavy atom. The highest BCUT2D eigenvalue weighted by Crippen LogP contribution is 2.16. The molecule has 2 N–H and O–H groups in total. The molecular formula is C13H20N4O3S. The van der Waals surface area contributed by atoms with E-state index >= 15 is 0 Å². The zero-order valence-corrected chi connectivity index (χ0v) is 13.4. The van der Waals surface area contributed by atoms with E-state index < -0.39 is 10.0 Å². The number of rotatable bonds is 6. The third kappa shape index (κ3) is 3.34. The van der Waals surface area contributed by atoms with E-state index in [9.17, 15) is 8.42 Å². The Hall–Kier alpha value is -1.64. The summed E-state index contributed by atoms with van der Waals surface area (Å²) in [5.74, 6) is 0.624. The van der Waals surface area contributed by atoms with Gasteiger partial charge >= 0.3 is 0 Å². The number of nitrogens with one attached hydrogen (secondary N) is 2. The molecule has 0 aliphatic rings. The SMILES string of the molecule is CNCc1cc(S(=O)(=O)NCc2c(C)noc2C)cn1C. The number of aryl methyl sites for hydroxylation is 3. The van der Waals surface area contributed by atoms with Crippen LogP contribution in [-0.4, -0.2) is 25.2 Å². The third-order valence-electron chi connectivity index (χ3n) is 3.37. The maximum absolute atomic E-state index is 12.3. The van der Waals surface area contributed by atoms with Gasteiger partial charge in [0.15, 0.2) is 0 Å². The van der Waals surface area contributed by atoms with Crippen LogP contribution < -0.4 is 10.0 Å². The van der Waals surface area contributed by atoms with Gasteiger partial charge in [-0.1, -0.05) is 5.16 Å². The molecule has 0 saturated heterocycles. The Morgan fingerprint density at radius 3 is 2.62 bits per heavy atom. The van der Waals surface area contributed by atoms with Gasteiger partial charge in [0.05, 0.1) is 10.6 Å². The molecule has 2 heterocycles. The Labute approximate surface area is 124 Å². The largest absolute Gasteiger partial charge is 0.361 e. The third-order valence-corrected chi connectivity index (χ3v) is 4.74. The predicted molar refractivity (Wildman–Crippen MR) is 78.2 cm³/mol. The zero-order chi connectivity index (χ0) is 15.6. The van der Waals surface area contributed by atoms with Crippen LogP contribution in [0.15, 0.2) is 21.7 Å². The maximum atomic E-state index is 12.3. The van der Waals surface area contributed by atoms with Crippen molar-refractivity contribution < 1.29 is 12.9 Å². The summed E-state index contributed by atoms with van der Waals surface area (Å²) in [6.07, 6.45) is 1.60. The highest BCUT2D eigenvalue weighted by atomic mass is 32.2. The van der Waals surface area contributed by atoms with Crippen molar-refractivity contribution in [1.82, 2.24) is 19.8 Å². The van der Waals surface area contributed by atoms with Gasteiger partial charge in [-0.25, -0.2) is 13.1 Å². The minimum Gasteiger partial charge on any atom is -0.361 e. The first-order valence-electron chi connectivity index (χ1n) is 6.56. The van der Waals surface area contributed by atoms with Crippen LogP contribution in [0.2, 0.25) is 0 Å². The van der Waals surface area contributed by atoms with Gasteiger partial charge in [-0.2, -0.15) is 0 Å². The minimum atomic E-state index is -3.56. The van der Waals surface area contributed by atoms with Gasteiger partial charge in [-0.3, -0.25) is 0 Å². The molecule has 0 aliphatic heterocycles. The van der Waals surface area contributed by atoms with Gasteiger partial charge < -0.3 is 14.4 Å². The molecule has 116 valence electrons. The molecule has 2 aromatic heterocycles. The molecule has 21 heavy (non-hydrogen) atoms. The van der Waals surface area contributed by atoms with E-state index in [0.29, 0.717) is 18.0 Å². The standard InChI is InChI=1S/C13H20N4O3S/c1-9-13(10(2)20-16-9)7-15-21(18,19)12-5-11(6-14-3)17(4)8-12/h5,8,14-15H,6-7H2,1-4H3. The van der Waals surface area contributed by atoms with Crippen LogP contribution in [-0.2, 0) is 30.2 Å². The summed E-state index contributed by atoms with van der Waals surface area (Å²) in [7, 11) is 0.0779. The first-order chi connectivity index (χ1) is 9.85. The summed E-state index contributed by atoms with van der Waals surface area (Å²) in [4.78, 5) is 0.252. The van der Waals surface area contributed by atoms with Gasteiger partial charge in [-0.15, -0.1) is 0 Å². The number of aromatic nitrogens is 2. The van der Waals surface area contributed by atoms with Crippen molar-refractivity contribution in [3.05, 3.63) is 35.0 Å². The Morgan fingerprint density at radius 1 is 1.33 bits per heavy atom. The van der Waals surface area contributed by atoms with Gasteiger partial charge in [0.25, 0.3) is 0 Å².